The van der Waals surface area contributed by atoms with Gasteiger partial charge in [0.2, 0.25) is 0 Å². The first kappa shape index (κ1) is 14.0. The Balaban J connectivity index is 2.38. The van der Waals surface area contributed by atoms with Crippen molar-refractivity contribution >= 4 is 37.5 Å². The highest BCUT2D eigenvalue weighted by molar-refractivity contribution is 9.11. The van der Waals surface area contributed by atoms with Gasteiger partial charge in [0.15, 0.2) is 0 Å². The van der Waals surface area contributed by atoms with Gasteiger partial charge in [-0.25, -0.2) is 0 Å². The first-order valence-electron chi connectivity index (χ1n) is 5.21. The van der Waals surface area contributed by atoms with Gasteiger partial charge in [-0.15, -0.1) is 0 Å². The van der Waals surface area contributed by atoms with E-state index in [9.17, 15) is 0 Å². The zero-order valence-corrected chi connectivity index (χ0v) is 13.0. The van der Waals surface area contributed by atoms with E-state index in [2.05, 4.69) is 57.9 Å². The Morgan fingerprint density at radius 3 is 2.50 bits per heavy atom. The van der Waals surface area contributed by atoms with Gasteiger partial charge in [0.05, 0.1) is 12.2 Å². The highest BCUT2D eigenvalue weighted by Crippen LogP contribution is 2.25. The van der Waals surface area contributed by atoms with Gasteiger partial charge in [0.1, 0.15) is 0 Å². The molecule has 0 heterocycles. The molecule has 0 aromatic heterocycles. The van der Waals surface area contributed by atoms with Crippen LogP contribution >= 0.6 is 31.9 Å². The number of ether oxygens (including phenoxy) is 1. The standard InChI is InChI=1S/C12H17Br2NO/c1-12(2,3)16-7-6-15-11-5-4-9(13)8-10(11)14/h4-5,8,15H,6-7H2,1-3H3. The highest BCUT2D eigenvalue weighted by atomic mass is 79.9. The number of rotatable bonds is 4. The summed E-state index contributed by atoms with van der Waals surface area (Å²) >= 11 is 6.93. The van der Waals surface area contributed by atoms with E-state index in [-0.39, 0.29) is 5.60 Å². The summed E-state index contributed by atoms with van der Waals surface area (Å²) in [5, 5.41) is 3.32. The molecule has 1 aromatic carbocycles. The molecule has 0 saturated carbocycles. The minimum absolute atomic E-state index is 0.0708. The molecule has 0 spiro atoms. The number of anilines is 1. The zero-order valence-electron chi connectivity index (χ0n) is 9.81. The van der Waals surface area contributed by atoms with Crippen molar-refractivity contribution in [3.8, 4) is 0 Å². The summed E-state index contributed by atoms with van der Waals surface area (Å²) in [4.78, 5) is 0. The van der Waals surface area contributed by atoms with Gasteiger partial charge in [-0.2, -0.15) is 0 Å². The summed E-state index contributed by atoms with van der Waals surface area (Å²) in [6.07, 6.45) is 0. The quantitative estimate of drug-likeness (QED) is 0.810. The lowest BCUT2D eigenvalue weighted by molar-refractivity contribution is 0.00333. The summed E-state index contributed by atoms with van der Waals surface area (Å²) in [6, 6.07) is 6.07. The first-order valence-corrected chi connectivity index (χ1v) is 6.80. The molecule has 0 fully saturated rings. The topological polar surface area (TPSA) is 21.3 Å². The molecule has 0 aliphatic carbocycles. The Kier molecular flexibility index (Phi) is 5.28. The Morgan fingerprint density at radius 1 is 1.25 bits per heavy atom. The third-order valence-corrected chi connectivity index (χ3v) is 3.03. The van der Waals surface area contributed by atoms with Crippen LogP contribution in [0.15, 0.2) is 27.1 Å². The molecule has 1 N–H and O–H groups in total. The molecule has 0 bridgehead atoms. The van der Waals surface area contributed by atoms with E-state index < -0.39 is 0 Å². The maximum absolute atomic E-state index is 5.63. The third kappa shape index (κ3) is 5.32. The fourth-order valence-corrected chi connectivity index (χ4v) is 2.36. The van der Waals surface area contributed by atoms with Crippen molar-refractivity contribution in [2.45, 2.75) is 26.4 Å². The van der Waals surface area contributed by atoms with Crippen LogP contribution in [-0.4, -0.2) is 18.8 Å². The third-order valence-electron chi connectivity index (χ3n) is 1.88. The van der Waals surface area contributed by atoms with Crippen molar-refractivity contribution in [3.63, 3.8) is 0 Å². The van der Waals surface area contributed by atoms with Gasteiger partial charge in [-0.3, -0.25) is 0 Å². The monoisotopic (exact) mass is 349 g/mol. The van der Waals surface area contributed by atoms with Gasteiger partial charge in [0, 0.05) is 21.2 Å². The molecule has 2 nitrogen and oxygen atoms in total. The Morgan fingerprint density at radius 2 is 1.94 bits per heavy atom. The van der Waals surface area contributed by atoms with Gasteiger partial charge in [0.25, 0.3) is 0 Å². The summed E-state index contributed by atoms with van der Waals surface area (Å²) in [5.74, 6) is 0. The van der Waals surface area contributed by atoms with E-state index in [4.69, 9.17) is 4.74 Å². The van der Waals surface area contributed by atoms with Gasteiger partial charge < -0.3 is 10.1 Å². The van der Waals surface area contributed by atoms with Crippen LogP contribution in [-0.2, 0) is 4.74 Å². The van der Waals surface area contributed by atoms with E-state index in [1.54, 1.807) is 0 Å². The first-order chi connectivity index (χ1) is 7.38. The van der Waals surface area contributed by atoms with Gasteiger partial charge in [-0.1, -0.05) is 15.9 Å². The maximum Gasteiger partial charge on any atom is 0.0646 e. The van der Waals surface area contributed by atoms with E-state index in [1.165, 1.54) is 0 Å². The molecule has 0 unspecified atom stereocenters. The summed E-state index contributed by atoms with van der Waals surface area (Å²) < 4.78 is 7.75. The molecule has 0 radical (unpaired) electrons. The van der Waals surface area contributed by atoms with Gasteiger partial charge in [-0.05, 0) is 54.9 Å². The molecular weight excluding hydrogens is 334 g/mol. The molecular formula is C12H17Br2NO. The SMILES string of the molecule is CC(C)(C)OCCNc1ccc(Br)cc1Br. The van der Waals surface area contributed by atoms with Crippen LogP contribution in [0.5, 0.6) is 0 Å². The Labute approximate surface area is 114 Å². The van der Waals surface area contributed by atoms with E-state index in [1.807, 2.05) is 18.2 Å². The molecule has 1 rings (SSSR count). The summed E-state index contributed by atoms with van der Waals surface area (Å²) in [7, 11) is 0. The van der Waals surface area contributed by atoms with E-state index >= 15 is 0 Å². The smallest absolute Gasteiger partial charge is 0.0646 e. The molecule has 16 heavy (non-hydrogen) atoms. The number of benzene rings is 1. The second-order valence-corrected chi connectivity index (χ2v) is 6.28. The number of nitrogens with one attached hydrogen (secondary N) is 1. The van der Waals surface area contributed by atoms with Crippen molar-refractivity contribution in [1.82, 2.24) is 0 Å². The molecule has 0 saturated heterocycles. The average molecular weight is 351 g/mol. The van der Waals surface area contributed by atoms with Crippen molar-refractivity contribution in [3.05, 3.63) is 27.1 Å². The van der Waals surface area contributed by atoms with Crippen LogP contribution in [0.4, 0.5) is 5.69 Å². The van der Waals surface area contributed by atoms with Crippen LogP contribution in [0, 0.1) is 0 Å². The second-order valence-electron chi connectivity index (χ2n) is 4.51. The minimum Gasteiger partial charge on any atom is -0.382 e. The molecule has 0 atom stereocenters. The second kappa shape index (κ2) is 6.03. The lowest BCUT2D eigenvalue weighted by Gasteiger charge is -2.20. The summed E-state index contributed by atoms with van der Waals surface area (Å²) in [5.41, 5.74) is 1.01. The van der Waals surface area contributed by atoms with Crippen molar-refractivity contribution in [1.29, 1.82) is 0 Å². The predicted molar refractivity (Wildman–Crippen MR) is 76.0 cm³/mol. The molecule has 1 aromatic rings. The van der Waals surface area contributed by atoms with Gasteiger partial charge >= 0.3 is 0 Å². The minimum atomic E-state index is -0.0708. The number of hydrogen-bond acceptors (Lipinski definition) is 2. The molecule has 0 aliphatic rings. The fourth-order valence-electron chi connectivity index (χ4n) is 1.18. The molecule has 90 valence electrons. The summed E-state index contributed by atoms with van der Waals surface area (Å²) in [6.45, 7) is 7.68. The van der Waals surface area contributed by atoms with E-state index in [0.717, 1.165) is 21.2 Å². The zero-order chi connectivity index (χ0) is 12.2. The largest absolute Gasteiger partial charge is 0.382 e. The highest BCUT2D eigenvalue weighted by Gasteiger charge is 2.09. The average Bonchev–Trinajstić information content (AvgIpc) is 2.13. The lowest BCUT2D eigenvalue weighted by atomic mass is 10.2. The van der Waals surface area contributed by atoms with Crippen LogP contribution in [0.2, 0.25) is 0 Å². The van der Waals surface area contributed by atoms with Crippen molar-refractivity contribution in [2.24, 2.45) is 0 Å². The van der Waals surface area contributed by atoms with Crippen molar-refractivity contribution < 1.29 is 4.74 Å². The molecule has 0 amide bonds. The van der Waals surface area contributed by atoms with Crippen LogP contribution in [0.25, 0.3) is 0 Å². The van der Waals surface area contributed by atoms with Crippen LogP contribution < -0.4 is 5.32 Å². The van der Waals surface area contributed by atoms with Crippen molar-refractivity contribution in [2.75, 3.05) is 18.5 Å². The lowest BCUT2D eigenvalue weighted by Crippen LogP contribution is -2.23. The molecule has 0 aliphatic heterocycles. The van der Waals surface area contributed by atoms with E-state index in [0.29, 0.717) is 6.61 Å². The molecule has 4 heteroatoms. The predicted octanol–water partition coefficient (Wildman–Crippen LogP) is 4.44. The number of halogens is 2. The Bertz CT molecular complexity index is 347. The number of hydrogen-bond donors (Lipinski definition) is 1. The maximum atomic E-state index is 5.63. The van der Waals surface area contributed by atoms with Crippen LogP contribution in [0.1, 0.15) is 20.8 Å². The van der Waals surface area contributed by atoms with Crippen LogP contribution in [0.3, 0.4) is 0 Å². The normalized spacial score (nSPS) is 11.6. The Hall–Kier alpha value is -0.0600. The fraction of sp³-hybridized carbons (Fsp3) is 0.500.